The summed E-state index contributed by atoms with van der Waals surface area (Å²) in [4.78, 5) is 28.4. The molecule has 0 aromatic carbocycles. The van der Waals surface area contributed by atoms with E-state index in [2.05, 4.69) is 18.0 Å². The van der Waals surface area contributed by atoms with Crippen LogP contribution in [0.4, 0.5) is 0 Å². The number of carbonyl (C=O) groups is 2. The average molecular weight is 232 g/mol. The second-order valence-electron chi connectivity index (χ2n) is 4.29. The highest BCUT2D eigenvalue weighted by atomic mass is 16.2. The molecule has 1 aliphatic heterocycles. The third-order valence-electron chi connectivity index (χ3n) is 3.00. The van der Waals surface area contributed by atoms with E-state index in [1.165, 1.54) is 5.56 Å². The van der Waals surface area contributed by atoms with Gasteiger partial charge in [-0.25, -0.2) is 0 Å². The lowest BCUT2D eigenvalue weighted by Crippen LogP contribution is -2.27. The molecule has 1 aromatic rings. The van der Waals surface area contributed by atoms with E-state index < -0.39 is 0 Å². The lowest BCUT2D eigenvalue weighted by Gasteiger charge is -2.13. The average Bonchev–Trinajstić information content (AvgIpc) is 2.66. The normalized spacial score (nSPS) is 15.7. The highest BCUT2D eigenvalue weighted by molar-refractivity contribution is 6.05. The molecule has 90 valence electrons. The van der Waals surface area contributed by atoms with Crippen molar-refractivity contribution in [1.29, 1.82) is 0 Å². The van der Waals surface area contributed by atoms with E-state index in [-0.39, 0.29) is 24.7 Å². The van der Waals surface area contributed by atoms with Gasteiger partial charge in [-0.1, -0.05) is 13.0 Å². The van der Waals surface area contributed by atoms with Crippen LogP contribution in [0.15, 0.2) is 18.3 Å². The van der Waals surface area contributed by atoms with Crippen molar-refractivity contribution in [3.05, 3.63) is 29.6 Å². The molecule has 17 heavy (non-hydrogen) atoms. The number of amides is 1. The third-order valence-corrected chi connectivity index (χ3v) is 3.00. The predicted octanol–water partition coefficient (Wildman–Crippen LogP) is 0.988. The van der Waals surface area contributed by atoms with E-state index in [4.69, 9.17) is 0 Å². The van der Waals surface area contributed by atoms with Gasteiger partial charge in [0, 0.05) is 24.9 Å². The van der Waals surface area contributed by atoms with Crippen LogP contribution in [0, 0.1) is 0 Å². The number of aromatic nitrogens is 1. The first-order valence-electron chi connectivity index (χ1n) is 5.92. The number of likely N-dealkylation sites (tertiary alicyclic amines) is 1. The maximum absolute atomic E-state index is 11.4. The van der Waals surface area contributed by atoms with Crippen LogP contribution in [0.25, 0.3) is 0 Å². The molecule has 1 amide bonds. The molecule has 0 saturated carbocycles. The summed E-state index contributed by atoms with van der Waals surface area (Å²) >= 11 is 0. The number of hydrogen-bond acceptors (Lipinski definition) is 3. The fraction of sp³-hybridized carbons (Fsp3) is 0.462. The zero-order chi connectivity index (χ0) is 12.3. The van der Waals surface area contributed by atoms with Crippen molar-refractivity contribution in [2.45, 2.75) is 26.2 Å². The Morgan fingerprint density at radius 3 is 2.71 bits per heavy atom. The Morgan fingerprint density at radius 2 is 2.18 bits per heavy atom. The smallest absolute Gasteiger partial charge is 0.230 e. The number of nitrogens with zero attached hydrogens (tertiary/aromatic N) is 2. The Labute approximate surface area is 101 Å². The fourth-order valence-corrected chi connectivity index (χ4v) is 1.90. The summed E-state index contributed by atoms with van der Waals surface area (Å²) in [5, 5.41) is 0. The summed E-state index contributed by atoms with van der Waals surface area (Å²) in [6.07, 6.45) is 3.63. The second kappa shape index (κ2) is 5.08. The highest BCUT2D eigenvalue weighted by Crippen LogP contribution is 2.08. The Morgan fingerprint density at radius 1 is 1.35 bits per heavy atom. The summed E-state index contributed by atoms with van der Waals surface area (Å²) in [5.74, 6) is -0.0375. The Kier molecular flexibility index (Phi) is 3.52. The standard InChI is InChI=1S/C13H16N2O2/c1-2-10-3-4-11(14-8-10)5-6-15-9-12(16)7-13(15)17/h3-4,8H,2,5-7,9H2,1H3. The molecule has 4 nitrogen and oxygen atoms in total. The third kappa shape index (κ3) is 2.90. The monoisotopic (exact) mass is 232 g/mol. The molecule has 0 aliphatic carbocycles. The molecule has 0 radical (unpaired) electrons. The van der Waals surface area contributed by atoms with Crippen LogP contribution in [0.3, 0.4) is 0 Å². The molecular formula is C13H16N2O2. The van der Waals surface area contributed by atoms with E-state index in [1.54, 1.807) is 4.90 Å². The van der Waals surface area contributed by atoms with Crippen LogP contribution in [0.1, 0.15) is 24.6 Å². The minimum atomic E-state index is -0.0554. The van der Waals surface area contributed by atoms with Gasteiger partial charge in [0.15, 0.2) is 5.78 Å². The van der Waals surface area contributed by atoms with Crippen molar-refractivity contribution in [1.82, 2.24) is 9.88 Å². The number of hydrogen-bond donors (Lipinski definition) is 0. The van der Waals surface area contributed by atoms with Crippen LogP contribution in [-0.2, 0) is 22.4 Å². The fourth-order valence-electron chi connectivity index (χ4n) is 1.90. The van der Waals surface area contributed by atoms with E-state index in [0.717, 1.165) is 12.1 Å². The van der Waals surface area contributed by atoms with E-state index in [0.29, 0.717) is 13.0 Å². The van der Waals surface area contributed by atoms with Crippen LogP contribution < -0.4 is 0 Å². The lowest BCUT2D eigenvalue weighted by atomic mass is 10.2. The molecule has 1 aromatic heterocycles. The van der Waals surface area contributed by atoms with Gasteiger partial charge in [-0.3, -0.25) is 14.6 Å². The first kappa shape index (κ1) is 11.8. The number of rotatable bonds is 4. The van der Waals surface area contributed by atoms with Crippen LogP contribution in [0.5, 0.6) is 0 Å². The maximum Gasteiger partial charge on any atom is 0.230 e. The topological polar surface area (TPSA) is 50.3 Å². The number of aryl methyl sites for hydroxylation is 1. The van der Waals surface area contributed by atoms with Crippen LogP contribution >= 0.6 is 0 Å². The number of pyridine rings is 1. The second-order valence-corrected chi connectivity index (χ2v) is 4.29. The summed E-state index contributed by atoms with van der Waals surface area (Å²) in [6.45, 7) is 2.94. The first-order valence-corrected chi connectivity index (χ1v) is 5.92. The van der Waals surface area contributed by atoms with Crippen molar-refractivity contribution in [2.75, 3.05) is 13.1 Å². The molecule has 0 unspecified atom stereocenters. The van der Waals surface area contributed by atoms with Gasteiger partial charge in [-0.15, -0.1) is 0 Å². The molecule has 1 aliphatic rings. The number of Topliss-reactive ketones (excluding diaryl/α,β-unsaturated/α-hetero) is 1. The summed E-state index contributed by atoms with van der Waals surface area (Å²) < 4.78 is 0. The minimum Gasteiger partial charge on any atom is -0.335 e. The Balaban J connectivity index is 1.89. The van der Waals surface area contributed by atoms with Crippen molar-refractivity contribution in [2.24, 2.45) is 0 Å². The maximum atomic E-state index is 11.4. The summed E-state index contributed by atoms with van der Waals surface area (Å²) in [7, 11) is 0. The van der Waals surface area contributed by atoms with Gasteiger partial charge in [-0.2, -0.15) is 0 Å². The molecule has 0 spiro atoms. The van der Waals surface area contributed by atoms with E-state index in [9.17, 15) is 9.59 Å². The summed E-state index contributed by atoms with van der Waals surface area (Å²) in [5.41, 5.74) is 2.18. The number of ketones is 1. The van der Waals surface area contributed by atoms with Gasteiger partial charge in [0.1, 0.15) is 0 Å². The number of carbonyl (C=O) groups excluding carboxylic acids is 2. The van der Waals surface area contributed by atoms with Gasteiger partial charge >= 0.3 is 0 Å². The van der Waals surface area contributed by atoms with Gasteiger partial charge in [0.25, 0.3) is 0 Å². The Hall–Kier alpha value is -1.71. The highest BCUT2D eigenvalue weighted by Gasteiger charge is 2.26. The van der Waals surface area contributed by atoms with Gasteiger partial charge in [-0.05, 0) is 18.1 Å². The molecule has 0 bridgehead atoms. The van der Waals surface area contributed by atoms with Gasteiger partial charge in [0.05, 0.1) is 13.0 Å². The zero-order valence-corrected chi connectivity index (χ0v) is 9.98. The SMILES string of the molecule is CCc1ccc(CCN2CC(=O)CC2=O)nc1. The quantitative estimate of drug-likeness (QED) is 0.727. The molecule has 2 rings (SSSR count). The summed E-state index contributed by atoms with van der Waals surface area (Å²) in [6, 6.07) is 4.04. The Bertz CT molecular complexity index is 426. The van der Waals surface area contributed by atoms with E-state index >= 15 is 0 Å². The first-order chi connectivity index (χ1) is 8.19. The molecule has 0 N–H and O–H groups in total. The molecule has 1 saturated heterocycles. The van der Waals surface area contributed by atoms with Crippen LogP contribution in [-0.4, -0.2) is 34.7 Å². The lowest BCUT2D eigenvalue weighted by molar-refractivity contribution is -0.127. The van der Waals surface area contributed by atoms with Crippen molar-refractivity contribution >= 4 is 11.7 Å². The molecular weight excluding hydrogens is 216 g/mol. The van der Waals surface area contributed by atoms with Gasteiger partial charge in [0.2, 0.25) is 5.91 Å². The molecule has 1 fully saturated rings. The van der Waals surface area contributed by atoms with Gasteiger partial charge < -0.3 is 4.90 Å². The molecule has 4 heteroatoms. The zero-order valence-electron chi connectivity index (χ0n) is 9.98. The predicted molar refractivity (Wildman–Crippen MR) is 63.5 cm³/mol. The van der Waals surface area contributed by atoms with Crippen molar-refractivity contribution in [3.8, 4) is 0 Å². The minimum absolute atomic E-state index is 0.0179. The largest absolute Gasteiger partial charge is 0.335 e. The van der Waals surface area contributed by atoms with Crippen molar-refractivity contribution < 1.29 is 9.59 Å². The van der Waals surface area contributed by atoms with E-state index in [1.807, 2.05) is 12.3 Å². The molecule has 2 heterocycles. The van der Waals surface area contributed by atoms with Crippen molar-refractivity contribution in [3.63, 3.8) is 0 Å². The van der Waals surface area contributed by atoms with Crippen LogP contribution in [0.2, 0.25) is 0 Å². The molecule has 0 atom stereocenters.